The van der Waals surface area contributed by atoms with Crippen molar-refractivity contribution in [3.05, 3.63) is 48.8 Å². The largest absolute Gasteiger partial charge is 0.377 e. The Kier molecular flexibility index (Phi) is 5.33. The lowest BCUT2D eigenvalue weighted by molar-refractivity contribution is 0.0206. The van der Waals surface area contributed by atoms with Crippen molar-refractivity contribution in [2.75, 3.05) is 31.7 Å². The summed E-state index contributed by atoms with van der Waals surface area (Å²) >= 11 is 0. The second-order valence-corrected chi connectivity index (χ2v) is 6.29. The van der Waals surface area contributed by atoms with Crippen molar-refractivity contribution in [1.29, 1.82) is 0 Å². The van der Waals surface area contributed by atoms with Crippen molar-refractivity contribution >= 4 is 16.7 Å². The molecule has 1 saturated heterocycles. The molecule has 0 bridgehead atoms. The maximum atomic E-state index is 5.73. The minimum absolute atomic E-state index is 0.257. The van der Waals surface area contributed by atoms with Crippen LogP contribution in [0.4, 0.5) is 5.82 Å². The number of anilines is 1. The van der Waals surface area contributed by atoms with Crippen LogP contribution in [0.3, 0.4) is 0 Å². The van der Waals surface area contributed by atoms with Crippen LogP contribution < -0.4 is 5.32 Å². The average molecular weight is 350 g/mol. The van der Waals surface area contributed by atoms with Gasteiger partial charge in [-0.05, 0) is 37.1 Å². The second kappa shape index (κ2) is 8.21. The highest BCUT2D eigenvalue weighted by atomic mass is 16.5. The highest BCUT2D eigenvalue weighted by Crippen LogP contribution is 2.24. The van der Waals surface area contributed by atoms with E-state index in [0.717, 1.165) is 41.7 Å². The summed E-state index contributed by atoms with van der Waals surface area (Å²) in [6.07, 6.45) is 6.01. The van der Waals surface area contributed by atoms with Gasteiger partial charge in [-0.2, -0.15) is 0 Å². The molecule has 1 aromatic carbocycles. The summed E-state index contributed by atoms with van der Waals surface area (Å²) in [5, 5.41) is 4.39. The van der Waals surface area contributed by atoms with Gasteiger partial charge in [0.15, 0.2) is 5.82 Å². The van der Waals surface area contributed by atoms with Crippen molar-refractivity contribution in [3.8, 4) is 11.4 Å². The number of para-hydroxylation sites is 1. The Morgan fingerprint density at radius 2 is 2.12 bits per heavy atom. The predicted molar refractivity (Wildman–Crippen MR) is 101 cm³/mol. The van der Waals surface area contributed by atoms with Crippen LogP contribution in [0.15, 0.2) is 48.8 Å². The molecule has 1 aliphatic heterocycles. The molecule has 1 fully saturated rings. The summed E-state index contributed by atoms with van der Waals surface area (Å²) in [7, 11) is 0. The molecule has 6 heteroatoms. The third-order valence-electron chi connectivity index (χ3n) is 4.39. The third kappa shape index (κ3) is 3.98. The third-order valence-corrected chi connectivity index (χ3v) is 4.39. The van der Waals surface area contributed by atoms with Gasteiger partial charge in [-0.15, -0.1) is 0 Å². The van der Waals surface area contributed by atoms with E-state index < -0.39 is 0 Å². The summed E-state index contributed by atoms with van der Waals surface area (Å²) < 4.78 is 11.3. The zero-order valence-electron chi connectivity index (χ0n) is 14.6. The Hall–Kier alpha value is -2.57. The van der Waals surface area contributed by atoms with E-state index in [-0.39, 0.29) is 6.10 Å². The van der Waals surface area contributed by atoms with E-state index in [2.05, 4.69) is 15.3 Å². The van der Waals surface area contributed by atoms with Crippen LogP contribution in [0.1, 0.15) is 12.8 Å². The van der Waals surface area contributed by atoms with Crippen LogP contribution in [0, 0.1) is 0 Å². The molecule has 1 N–H and O–H groups in total. The molecular formula is C20H22N4O2. The molecule has 3 heterocycles. The summed E-state index contributed by atoms with van der Waals surface area (Å²) in [6.45, 7) is 2.81. The molecule has 0 aliphatic carbocycles. The summed E-state index contributed by atoms with van der Waals surface area (Å²) in [5.41, 5.74) is 1.81. The van der Waals surface area contributed by atoms with Crippen LogP contribution in [0.2, 0.25) is 0 Å². The minimum atomic E-state index is 0.257. The maximum Gasteiger partial charge on any atom is 0.163 e. The number of nitrogens with zero attached hydrogens (tertiary/aromatic N) is 3. The van der Waals surface area contributed by atoms with Gasteiger partial charge >= 0.3 is 0 Å². The van der Waals surface area contributed by atoms with Gasteiger partial charge in [-0.25, -0.2) is 9.97 Å². The number of benzene rings is 1. The molecule has 134 valence electrons. The van der Waals surface area contributed by atoms with Gasteiger partial charge < -0.3 is 14.8 Å². The highest BCUT2D eigenvalue weighted by molar-refractivity contribution is 5.90. The number of aromatic nitrogens is 3. The van der Waals surface area contributed by atoms with Crippen molar-refractivity contribution < 1.29 is 9.47 Å². The van der Waals surface area contributed by atoms with E-state index in [0.29, 0.717) is 25.6 Å². The van der Waals surface area contributed by atoms with Gasteiger partial charge in [-0.1, -0.05) is 12.1 Å². The van der Waals surface area contributed by atoms with Crippen molar-refractivity contribution in [1.82, 2.24) is 15.0 Å². The zero-order chi connectivity index (χ0) is 17.6. The van der Waals surface area contributed by atoms with E-state index in [4.69, 9.17) is 14.5 Å². The van der Waals surface area contributed by atoms with E-state index >= 15 is 0 Å². The van der Waals surface area contributed by atoms with Crippen molar-refractivity contribution in [2.45, 2.75) is 18.9 Å². The van der Waals surface area contributed by atoms with Gasteiger partial charge in [0.1, 0.15) is 5.82 Å². The van der Waals surface area contributed by atoms with Gasteiger partial charge in [0, 0.05) is 36.5 Å². The first-order chi connectivity index (χ1) is 12.9. The first kappa shape index (κ1) is 16.9. The molecule has 0 amide bonds. The number of rotatable bonds is 7. The summed E-state index contributed by atoms with van der Waals surface area (Å²) in [5.74, 6) is 1.48. The number of hydrogen-bond donors (Lipinski definition) is 1. The van der Waals surface area contributed by atoms with E-state index in [1.165, 1.54) is 0 Å². The Morgan fingerprint density at radius 3 is 2.96 bits per heavy atom. The fraction of sp³-hybridized carbons (Fsp3) is 0.350. The predicted octanol–water partition coefficient (Wildman–Crippen LogP) is 3.30. The SMILES string of the molecule is c1cncc(-c2nc(NCCOCC3CCCO3)c3ccccc3n2)c1. The van der Waals surface area contributed by atoms with Gasteiger partial charge in [-0.3, -0.25) is 4.98 Å². The van der Waals surface area contributed by atoms with Crippen LogP contribution in [0.25, 0.3) is 22.3 Å². The first-order valence-electron chi connectivity index (χ1n) is 9.00. The summed E-state index contributed by atoms with van der Waals surface area (Å²) in [6, 6.07) is 11.9. The molecule has 3 aromatic rings. The molecule has 0 saturated carbocycles. The molecule has 4 rings (SSSR count). The molecule has 1 unspecified atom stereocenters. The number of pyridine rings is 1. The molecular weight excluding hydrogens is 328 g/mol. The standard InChI is InChI=1S/C20H22N4O2/c1-2-8-18-17(7-1)20(22-10-12-25-14-16-6-4-11-26-16)24-19(23-18)15-5-3-9-21-13-15/h1-3,5,7-9,13,16H,4,6,10-12,14H2,(H,22,23,24). The van der Waals surface area contributed by atoms with Crippen molar-refractivity contribution in [2.24, 2.45) is 0 Å². The Balaban J connectivity index is 1.46. The van der Waals surface area contributed by atoms with Gasteiger partial charge in [0.25, 0.3) is 0 Å². The molecule has 1 aliphatic rings. The van der Waals surface area contributed by atoms with Gasteiger partial charge in [0.2, 0.25) is 0 Å². The monoisotopic (exact) mass is 350 g/mol. The van der Waals surface area contributed by atoms with Crippen LogP contribution in [-0.2, 0) is 9.47 Å². The average Bonchev–Trinajstić information content (AvgIpc) is 3.21. The molecule has 6 nitrogen and oxygen atoms in total. The molecule has 0 spiro atoms. The molecule has 0 radical (unpaired) electrons. The van der Waals surface area contributed by atoms with Crippen LogP contribution in [0.5, 0.6) is 0 Å². The Bertz CT molecular complexity index is 851. The Morgan fingerprint density at radius 1 is 1.15 bits per heavy atom. The fourth-order valence-corrected chi connectivity index (χ4v) is 3.07. The number of fused-ring (bicyclic) bond motifs is 1. The van der Waals surface area contributed by atoms with Crippen LogP contribution in [-0.4, -0.2) is 47.4 Å². The lowest BCUT2D eigenvalue weighted by atomic mass is 10.2. The maximum absolute atomic E-state index is 5.73. The smallest absolute Gasteiger partial charge is 0.163 e. The van der Waals surface area contributed by atoms with E-state index in [9.17, 15) is 0 Å². The molecule has 2 aromatic heterocycles. The Labute approximate surface area is 152 Å². The number of hydrogen-bond acceptors (Lipinski definition) is 6. The fourth-order valence-electron chi connectivity index (χ4n) is 3.07. The number of nitrogens with one attached hydrogen (secondary N) is 1. The molecule has 1 atom stereocenters. The van der Waals surface area contributed by atoms with Gasteiger partial charge in [0.05, 0.1) is 24.8 Å². The second-order valence-electron chi connectivity index (χ2n) is 6.29. The first-order valence-corrected chi connectivity index (χ1v) is 9.00. The summed E-state index contributed by atoms with van der Waals surface area (Å²) in [4.78, 5) is 13.5. The zero-order valence-corrected chi connectivity index (χ0v) is 14.6. The number of ether oxygens (including phenoxy) is 2. The molecule has 26 heavy (non-hydrogen) atoms. The van der Waals surface area contributed by atoms with E-state index in [1.807, 2.05) is 36.4 Å². The highest BCUT2D eigenvalue weighted by Gasteiger charge is 2.15. The quantitative estimate of drug-likeness (QED) is 0.660. The van der Waals surface area contributed by atoms with Crippen molar-refractivity contribution in [3.63, 3.8) is 0 Å². The normalized spacial score (nSPS) is 16.8. The minimum Gasteiger partial charge on any atom is -0.377 e. The topological polar surface area (TPSA) is 69.2 Å². The lowest BCUT2D eigenvalue weighted by Gasteiger charge is -2.12. The van der Waals surface area contributed by atoms with E-state index in [1.54, 1.807) is 12.4 Å². The van der Waals surface area contributed by atoms with Crippen LogP contribution >= 0.6 is 0 Å². The lowest BCUT2D eigenvalue weighted by Crippen LogP contribution is -2.18.